The minimum atomic E-state index is -0.480. The van der Waals surface area contributed by atoms with Crippen LogP contribution in [0.15, 0.2) is 18.2 Å². The van der Waals surface area contributed by atoms with E-state index in [9.17, 15) is 0 Å². The van der Waals surface area contributed by atoms with Crippen molar-refractivity contribution >= 4 is 0 Å². The molecule has 0 saturated heterocycles. The quantitative estimate of drug-likeness (QED) is 0.822. The largest absolute Gasteiger partial charge is 0.497 e. The van der Waals surface area contributed by atoms with Crippen molar-refractivity contribution < 1.29 is 9.47 Å². The van der Waals surface area contributed by atoms with Crippen LogP contribution in [0, 0.1) is 0 Å². The van der Waals surface area contributed by atoms with Crippen LogP contribution in [-0.2, 0) is 5.54 Å². The summed E-state index contributed by atoms with van der Waals surface area (Å²) < 4.78 is 10.7. The zero-order valence-electron chi connectivity index (χ0n) is 12.7. The molecular weight excluding hydrogens is 240 g/mol. The van der Waals surface area contributed by atoms with E-state index in [-0.39, 0.29) is 0 Å². The summed E-state index contributed by atoms with van der Waals surface area (Å²) in [5.41, 5.74) is 7.01. The van der Waals surface area contributed by atoms with E-state index >= 15 is 0 Å². The average molecular weight is 266 g/mol. The van der Waals surface area contributed by atoms with Crippen molar-refractivity contribution in [2.24, 2.45) is 5.73 Å². The maximum absolute atomic E-state index is 6.51. The third-order valence-electron chi connectivity index (χ3n) is 3.47. The van der Waals surface area contributed by atoms with Gasteiger partial charge in [-0.2, -0.15) is 0 Å². The molecule has 4 heteroatoms. The first-order valence-electron chi connectivity index (χ1n) is 6.72. The van der Waals surface area contributed by atoms with E-state index in [0.717, 1.165) is 36.7 Å². The summed E-state index contributed by atoms with van der Waals surface area (Å²) in [7, 11) is 3.32. The molecule has 0 spiro atoms. The molecule has 0 bridgehead atoms. The molecule has 0 aliphatic rings. The fraction of sp³-hybridized carbons (Fsp3) is 0.600. The van der Waals surface area contributed by atoms with Crippen LogP contribution in [0.2, 0.25) is 0 Å². The number of benzene rings is 1. The van der Waals surface area contributed by atoms with Crippen LogP contribution in [0.5, 0.6) is 11.5 Å². The van der Waals surface area contributed by atoms with Crippen LogP contribution in [0.4, 0.5) is 0 Å². The lowest BCUT2D eigenvalue weighted by atomic mass is 9.91. The molecule has 0 aliphatic heterocycles. The number of nitrogens with two attached hydrogens (primary N) is 1. The fourth-order valence-corrected chi connectivity index (χ4v) is 2.26. The predicted molar refractivity (Wildman–Crippen MR) is 78.9 cm³/mol. The number of likely N-dealkylation sites (N-methyl/N-ethyl adjacent to an activating group) is 1. The SMILES string of the molecule is CCN(CC)CC(C)(N)c1cc(OC)ccc1OC. The Labute approximate surface area is 116 Å². The summed E-state index contributed by atoms with van der Waals surface area (Å²) in [6.07, 6.45) is 0. The summed E-state index contributed by atoms with van der Waals surface area (Å²) in [6.45, 7) is 9.06. The topological polar surface area (TPSA) is 47.7 Å². The molecule has 0 heterocycles. The third kappa shape index (κ3) is 3.85. The smallest absolute Gasteiger partial charge is 0.124 e. The lowest BCUT2D eigenvalue weighted by molar-refractivity contribution is 0.233. The van der Waals surface area contributed by atoms with Crippen molar-refractivity contribution in [2.75, 3.05) is 33.9 Å². The van der Waals surface area contributed by atoms with Crippen LogP contribution in [0.3, 0.4) is 0 Å². The van der Waals surface area contributed by atoms with Gasteiger partial charge in [0.15, 0.2) is 0 Å². The van der Waals surface area contributed by atoms with Crippen LogP contribution < -0.4 is 15.2 Å². The Morgan fingerprint density at radius 1 is 1.16 bits per heavy atom. The van der Waals surface area contributed by atoms with Gasteiger partial charge in [-0.25, -0.2) is 0 Å². The van der Waals surface area contributed by atoms with Gasteiger partial charge in [-0.3, -0.25) is 0 Å². The highest BCUT2D eigenvalue weighted by molar-refractivity contribution is 5.44. The Hall–Kier alpha value is -1.26. The number of hydrogen-bond acceptors (Lipinski definition) is 4. The summed E-state index contributed by atoms with van der Waals surface area (Å²) in [6, 6.07) is 5.75. The molecule has 0 amide bonds. The van der Waals surface area contributed by atoms with Gasteiger partial charge in [-0.05, 0) is 38.2 Å². The molecule has 0 aromatic heterocycles. The Kier molecular flexibility index (Phi) is 5.63. The van der Waals surface area contributed by atoms with Crippen molar-refractivity contribution in [3.05, 3.63) is 23.8 Å². The number of ether oxygens (including phenoxy) is 2. The molecule has 0 fully saturated rings. The predicted octanol–water partition coefficient (Wildman–Crippen LogP) is 2.22. The van der Waals surface area contributed by atoms with Gasteiger partial charge in [0.1, 0.15) is 11.5 Å². The van der Waals surface area contributed by atoms with Gasteiger partial charge in [0, 0.05) is 12.1 Å². The first-order valence-corrected chi connectivity index (χ1v) is 6.72. The van der Waals surface area contributed by atoms with Gasteiger partial charge in [0.05, 0.1) is 19.8 Å². The number of hydrogen-bond donors (Lipinski definition) is 1. The average Bonchev–Trinajstić information content (AvgIpc) is 2.43. The normalized spacial score (nSPS) is 14.3. The maximum atomic E-state index is 6.51. The van der Waals surface area contributed by atoms with Crippen molar-refractivity contribution in [2.45, 2.75) is 26.3 Å². The lowest BCUT2D eigenvalue weighted by Gasteiger charge is -2.32. The van der Waals surface area contributed by atoms with Crippen molar-refractivity contribution in [1.82, 2.24) is 4.90 Å². The second kappa shape index (κ2) is 6.78. The van der Waals surface area contributed by atoms with Crippen molar-refractivity contribution in [3.8, 4) is 11.5 Å². The lowest BCUT2D eigenvalue weighted by Crippen LogP contribution is -2.45. The molecular formula is C15H26N2O2. The van der Waals surface area contributed by atoms with E-state index < -0.39 is 5.54 Å². The fourth-order valence-electron chi connectivity index (χ4n) is 2.26. The highest BCUT2D eigenvalue weighted by Gasteiger charge is 2.27. The molecule has 4 nitrogen and oxygen atoms in total. The van der Waals surface area contributed by atoms with Gasteiger partial charge in [0.2, 0.25) is 0 Å². The first-order chi connectivity index (χ1) is 8.98. The second-order valence-corrected chi connectivity index (χ2v) is 4.95. The van der Waals surface area contributed by atoms with E-state index in [0.29, 0.717) is 0 Å². The third-order valence-corrected chi connectivity index (χ3v) is 3.47. The van der Waals surface area contributed by atoms with Crippen LogP contribution in [0.1, 0.15) is 26.3 Å². The van der Waals surface area contributed by atoms with Gasteiger partial charge in [-0.1, -0.05) is 13.8 Å². The van der Waals surface area contributed by atoms with Crippen molar-refractivity contribution in [1.29, 1.82) is 0 Å². The molecule has 0 aliphatic carbocycles. The zero-order chi connectivity index (χ0) is 14.5. The summed E-state index contributed by atoms with van der Waals surface area (Å²) in [4.78, 5) is 2.30. The molecule has 1 aromatic carbocycles. The molecule has 1 unspecified atom stereocenters. The number of nitrogens with zero attached hydrogens (tertiary/aromatic N) is 1. The Morgan fingerprint density at radius 2 is 1.79 bits per heavy atom. The molecule has 1 atom stereocenters. The Balaban J connectivity index is 3.10. The molecule has 108 valence electrons. The Bertz CT molecular complexity index is 401. The van der Waals surface area contributed by atoms with E-state index in [4.69, 9.17) is 15.2 Å². The van der Waals surface area contributed by atoms with Gasteiger partial charge < -0.3 is 20.1 Å². The van der Waals surface area contributed by atoms with Crippen LogP contribution in [-0.4, -0.2) is 38.8 Å². The molecule has 0 radical (unpaired) electrons. The highest BCUT2D eigenvalue weighted by atomic mass is 16.5. The first kappa shape index (κ1) is 15.8. The monoisotopic (exact) mass is 266 g/mol. The van der Waals surface area contributed by atoms with E-state index in [1.165, 1.54) is 0 Å². The standard InChI is InChI=1S/C15H26N2O2/c1-6-17(7-2)11-15(3,16)13-10-12(18-4)8-9-14(13)19-5/h8-10H,6-7,11,16H2,1-5H3. The summed E-state index contributed by atoms with van der Waals surface area (Å²) in [5, 5.41) is 0. The van der Waals surface area contributed by atoms with Crippen LogP contribution >= 0.6 is 0 Å². The summed E-state index contributed by atoms with van der Waals surface area (Å²) in [5.74, 6) is 1.60. The Morgan fingerprint density at radius 3 is 2.26 bits per heavy atom. The van der Waals surface area contributed by atoms with Gasteiger partial charge >= 0.3 is 0 Å². The van der Waals surface area contributed by atoms with Gasteiger partial charge in [0.25, 0.3) is 0 Å². The van der Waals surface area contributed by atoms with Crippen LogP contribution in [0.25, 0.3) is 0 Å². The molecule has 19 heavy (non-hydrogen) atoms. The van der Waals surface area contributed by atoms with E-state index in [1.54, 1.807) is 14.2 Å². The second-order valence-electron chi connectivity index (χ2n) is 4.95. The molecule has 1 rings (SSSR count). The van der Waals surface area contributed by atoms with Gasteiger partial charge in [-0.15, -0.1) is 0 Å². The summed E-state index contributed by atoms with van der Waals surface area (Å²) >= 11 is 0. The number of methoxy groups -OCH3 is 2. The zero-order valence-corrected chi connectivity index (χ0v) is 12.7. The number of rotatable bonds is 7. The van der Waals surface area contributed by atoms with E-state index in [2.05, 4.69) is 18.7 Å². The van der Waals surface area contributed by atoms with Crippen molar-refractivity contribution in [3.63, 3.8) is 0 Å². The van der Waals surface area contributed by atoms with E-state index in [1.807, 2.05) is 25.1 Å². The molecule has 1 aromatic rings. The highest BCUT2D eigenvalue weighted by Crippen LogP contribution is 2.32. The molecule has 2 N–H and O–H groups in total. The minimum absolute atomic E-state index is 0.480. The minimum Gasteiger partial charge on any atom is -0.497 e. The maximum Gasteiger partial charge on any atom is 0.124 e. The molecule has 0 saturated carbocycles.